The molecule has 2 aromatic rings. The number of carbonyl (C=O) groups excluding carboxylic acids is 1. The Labute approximate surface area is 98.2 Å². The molecule has 0 unspecified atom stereocenters. The molecule has 0 atom stereocenters. The van der Waals surface area contributed by atoms with Crippen LogP contribution in [0.5, 0.6) is 0 Å². The van der Waals surface area contributed by atoms with Gasteiger partial charge in [-0.2, -0.15) is 5.10 Å². The van der Waals surface area contributed by atoms with Gasteiger partial charge in [0.25, 0.3) is 5.91 Å². The molecule has 0 saturated heterocycles. The van der Waals surface area contributed by atoms with Crippen molar-refractivity contribution in [1.29, 1.82) is 0 Å². The van der Waals surface area contributed by atoms with E-state index in [1.807, 2.05) is 13.8 Å². The minimum Gasteiger partial charge on any atom is -0.316 e. The third kappa shape index (κ3) is 2.49. The number of nitrogens with one attached hydrogen (secondary N) is 2. The molecule has 0 aromatic carbocycles. The van der Waals surface area contributed by atoms with Crippen LogP contribution >= 0.6 is 0 Å². The van der Waals surface area contributed by atoms with Crippen LogP contribution in [-0.4, -0.2) is 30.9 Å². The monoisotopic (exact) mass is 234 g/mol. The number of hydrogen-bond acceptors (Lipinski definition) is 4. The van der Waals surface area contributed by atoms with Gasteiger partial charge in [0.2, 0.25) is 5.82 Å². The van der Waals surface area contributed by atoms with Crippen LogP contribution in [0, 0.1) is 6.92 Å². The highest BCUT2D eigenvalue weighted by atomic mass is 16.2. The fourth-order valence-corrected chi connectivity index (χ4v) is 1.32. The normalized spacial score (nSPS) is 10.8. The SMILES string of the molecule is Cc1nc(C(=O)Nc2cnn(C(C)C)c2)n[nH]1. The molecule has 2 N–H and O–H groups in total. The number of amides is 1. The lowest BCUT2D eigenvalue weighted by molar-refractivity contribution is 0.101. The van der Waals surface area contributed by atoms with Crippen LogP contribution in [0.4, 0.5) is 5.69 Å². The third-order valence-electron chi connectivity index (χ3n) is 2.19. The molecule has 0 spiro atoms. The van der Waals surface area contributed by atoms with E-state index in [0.29, 0.717) is 11.5 Å². The molecule has 0 aliphatic carbocycles. The van der Waals surface area contributed by atoms with Gasteiger partial charge in [0.05, 0.1) is 11.9 Å². The number of hydrogen-bond donors (Lipinski definition) is 2. The molecule has 90 valence electrons. The van der Waals surface area contributed by atoms with Gasteiger partial charge in [-0.3, -0.25) is 14.6 Å². The van der Waals surface area contributed by atoms with E-state index in [4.69, 9.17) is 0 Å². The molecule has 0 fully saturated rings. The Balaban J connectivity index is 2.07. The fraction of sp³-hybridized carbons (Fsp3) is 0.400. The van der Waals surface area contributed by atoms with Gasteiger partial charge in [-0.05, 0) is 20.8 Å². The third-order valence-corrected chi connectivity index (χ3v) is 2.19. The standard InChI is InChI=1S/C10H14N6O/c1-6(2)16-5-8(4-11-16)13-10(17)9-12-7(3)14-15-9/h4-6H,1-3H3,(H,13,17)(H,12,14,15). The zero-order valence-corrected chi connectivity index (χ0v) is 9.93. The van der Waals surface area contributed by atoms with Crippen LogP contribution in [-0.2, 0) is 0 Å². The van der Waals surface area contributed by atoms with E-state index in [2.05, 4.69) is 25.6 Å². The maximum Gasteiger partial charge on any atom is 0.295 e. The molecule has 2 rings (SSSR count). The smallest absolute Gasteiger partial charge is 0.295 e. The lowest BCUT2D eigenvalue weighted by Gasteiger charge is -2.03. The lowest BCUT2D eigenvalue weighted by atomic mass is 10.4. The summed E-state index contributed by atoms with van der Waals surface area (Å²) in [6.07, 6.45) is 3.36. The van der Waals surface area contributed by atoms with E-state index in [9.17, 15) is 4.79 Å². The second-order valence-electron chi connectivity index (χ2n) is 4.00. The van der Waals surface area contributed by atoms with Crippen LogP contribution in [0.25, 0.3) is 0 Å². The molecule has 0 bridgehead atoms. The molecular formula is C10H14N6O. The molecule has 2 heterocycles. The first-order chi connectivity index (χ1) is 8.06. The van der Waals surface area contributed by atoms with E-state index in [0.717, 1.165) is 0 Å². The summed E-state index contributed by atoms with van der Waals surface area (Å²) in [6, 6.07) is 0.256. The quantitative estimate of drug-likeness (QED) is 0.833. The van der Waals surface area contributed by atoms with E-state index in [1.165, 1.54) is 0 Å². The summed E-state index contributed by atoms with van der Waals surface area (Å²) in [7, 11) is 0. The first kappa shape index (κ1) is 11.3. The summed E-state index contributed by atoms with van der Waals surface area (Å²) in [4.78, 5) is 15.7. The molecular weight excluding hydrogens is 220 g/mol. The molecule has 2 aromatic heterocycles. The molecule has 1 amide bonds. The highest BCUT2D eigenvalue weighted by Crippen LogP contribution is 2.10. The number of aryl methyl sites for hydroxylation is 1. The van der Waals surface area contributed by atoms with Gasteiger partial charge in [0, 0.05) is 12.2 Å². The van der Waals surface area contributed by atoms with Gasteiger partial charge in [-0.25, -0.2) is 4.98 Å². The largest absolute Gasteiger partial charge is 0.316 e. The zero-order chi connectivity index (χ0) is 12.4. The zero-order valence-electron chi connectivity index (χ0n) is 9.93. The molecule has 0 radical (unpaired) electrons. The van der Waals surface area contributed by atoms with Crippen LogP contribution < -0.4 is 5.32 Å². The van der Waals surface area contributed by atoms with Crippen molar-refractivity contribution >= 4 is 11.6 Å². The minimum atomic E-state index is -0.349. The average Bonchev–Trinajstić information content (AvgIpc) is 2.86. The maximum atomic E-state index is 11.7. The average molecular weight is 234 g/mol. The van der Waals surface area contributed by atoms with E-state index >= 15 is 0 Å². The Kier molecular flexibility index (Phi) is 2.90. The van der Waals surface area contributed by atoms with Gasteiger partial charge in [-0.15, -0.1) is 5.10 Å². The van der Waals surface area contributed by atoms with Crippen molar-refractivity contribution in [3.8, 4) is 0 Å². The second kappa shape index (κ2) is 4.36. The van der Waals surface area contributed by atoms with Crippen molar-refractivity contribution in [3.63, 3.8) is 0 Å². The van der Waals surface area contributed by atoms with Crippen LogP contribution in [0.3, 0.4) is 0 Å². The van der Waals surface area contributed by atoms with Crippen molar-refractivity contribution in [2.24, 2.45) is 0 Å². The van der Waals surface area contributed by atoms with Crippen molar-refractivity contribution < 1.29 is 4.79 Å². The predicted octanol–water partition coefficient (Wildman–Crippen LogP) is 1.14. The van der Waals surface area contributed by atoms with E-state index < -0.39 is 0 Å². The molecule has 7 nitrogen and oxygen atoms in total. The van der Waals surface area contributed by atoms with Crippen LogP contribution in [0.2, 0.25) is 0 Å². The molecule has 0 aliphatic rings. The maximum absolute atomic E-state index is 11.7. The minimum absolute atomic E-state index is 0.125. The number of anilines is 1. The molecule has 7 heteroatoms. The molecule has 0 saturated carbocycles. The van der Waals surface area contributed by atoms with Crippen LogP contribution in [0.15, 0.2) is 12.4 Å². The van der Waals surface area contributed by atoms with Crippen LogP contribution in [0.1, 0.15) is 36.3 Å². The Morgan fingerprint density at radius 2 is 2.29 bits per heavy atom. The summed E-state index contributed by atoms with van der Waals surface area (Å²) >= 11 is 0. The summed E-state index contributed by atoms with van der Waals surface area (Å²) < 4.78 is 1.76. The Morgan fingerprint density at radius 1 is 1.53 bits per heavy atom. The van der Waals surface area contributed by atoms with Gasteiger partial charge in [-0.1, -0.05) is 0 Å². The van der Waals surface area contributed by atoms with Gasteiger partial charge >= 0.3 is 0 Å². The number of H-pyrrole nitrogens is 1. The number of nitrogens with zero attached hydrogens (tertiary/aromatic N) is 4. The predicted molar refractivity (Wildman–Crippen MR) is 61.7 cm³/mol. The highest BCUT2D eigenvalue weighted by Gasteiger charge is 2.12. The van der Waals surface area contributed by atoms with Crippen molar-refractivity contribution in [2.75, 3.05) is 5.32 Å². The summed E-state index contributed by atoms with van der Waals surface area (Å²) in [5.74, 6) is 0.380. The van der Waals surface area contributed by atoms with Crippen molar-refractivity contribution in [3.05, 3.63) is 24.0 Å². The summed E-state index contributed by atoms with van der Waals surface area (Å²) in [5.41, 5.74) is 0.631. The summed E-state index contributed by atoms with van der Waals surface area (Å²) in [6.45, 7) is 5.76. The number of rotatable bonds is 3. The Bertz CT molecular complexity index is 526. The Hall–Kier alpha value is -2.18. The van der Waals surface area contributed by atoms with E-state index in [-0.39, 0.29) is 17.8 Å². The molecule has 0 aliphatic heterocycles. The number of aromatic nitrogens is 5. The van der Waals surface area contributed by atoms with Crippen molar-refractivity contribution in [1.82, 2.24) is 25.0 Å². The number of carbonyl (C=O) groups is 1. The van der Waals surface area contributed by atoms with E-state index in [1.54, 1.807) is 24.0 Å². The van der Waals surface area contributed by atoms with Gasteiger partial charge < -0.3 is 5.32 Å². The first-order valence-electron chi connectivity index (χ1n) is 5.31. The summed E-state index contributed by atoms with van der Waals surface area (Å²) in [5, 5.41) is 13.2. The highest BCUT2D eigenvalue weighted by molar-refractivity contribution is 6.01. The lowest BCUT2D eigenvalue weighted by Crippen LogP contribution is -2.13. The fourth-order valence-electron chi connectivity index (χ4n) is 1.32. The molecule has 17 heavy (non-hydrogen) atoms. The van der Waals surface area contributed by atoms with Crippen molar-refractivity contribution in [2.45, 2.75) is 26.8 Å². The second-order valence-corrected chi connectivity index (χ2v) is 4.00. The number of aromatic amines is 1. The van der Waals surface area contributed by atoms with Gasteiger partial charge in [0.1, 0.15) is 5.82 Å². The topological polar surface area (TPSA) is 88.5 Å². The van der Waals surface area contributed by atoms with Gasteiger partial charge in [0.15, 0.2) is 0 Å². The first-order valence-corrected chi connectivity index (χ1v) is 5.31. The Morgan fingerprint density at radius 3 is 2.82 bits per heavy atom.